The highest BCUT2D eigenvalue weighted by Crippen LogP contribution is 2.55. The van der Waals surface area contributed by atoms with E-state index in [9.17, 15) is 28.4 Å². The van der Waals surface area contributed by atoms with Crippen LogP contribution in [0.5, 0.6) is 0 Å². The van der Waals surface area contributed by atoms with Crippen molar-refractivity contribution in [2.75, 3.05) is 20.1 Å². The third kappa shape index (κ3) is 5.59. The number of nitrogens with one attached hydrogen (secondary N) is 1. The molecule has 2 rings (SSSR count). The predicted octanol–water partition coefficient (Wildman–Crippen LogP) is 1.17. The van der Waals surface area contributed by atoms with Crippen LogP contribution in [0.3, 0.4) is 0 Å². The Labute approximate surface area is 163 Å². The van der Waals surface area contributed by atoms with Gasteiger partial charge in [0.25, 0.3) is 5.56 Å². The van der Waals surface area contributed by atoms with Crippen LogP contribution in [0, 0.1) is 0 Å². The minimum atomic E-state index is -4.36. The van der Waals surface area contributed by atoms with Gasteiger partial charge >= 0.3 is 29.8 Å². The average Bonchev–Trinajstić information content (AvgIpc) is 3.00. The molecule has 6 atom stereocenters. The van der Waals surface area contributed by atoms with Gasteiger partial charge in [-0.2, -0.15) is 0 Å². The lowest BCUT2D eigenvalue weighted by Crippen LogP contribution is -2.38. The zero-order valence-electron chi connectivity index (χ0n) is 16.6. The summed E-state index contributed by atoms with van der Waals surface area (Å²) in [6.07, 6.45) is -5.50. The van der Waals surface area contributed by atoms with Gasteiger partial charge in [-0.25, -0.2) is 9.36 Å². The van der Waals surface area contributed by atoms with Gasteiger partial charge in [0.1, 0.15) is 24.7 Å². The van der Waals surface area contributed by atoms with E-state index in [1.165, 1.54) is 7.11 Å². The molecule has 15 heteroatoms. The third-order valence-corrected chi connectivity index (χ3v) is 6.87. The minimum Gasteiger partial charge on any atom is -0.387 e. The largest absolute Gasteiger partial charge is 0.511 e. The fourth-order valence-corrected chi connectivity index (χ4v) is 5.42. The van der Waals surface area contributed by atoms with Crippen molar-refractivity contribution in [2.45, 2.75) is 24.5 Å². The first-order chi connectivity index (χ1) is 14.1. The lowest BCUT2D eigenvalue weighted by molar-refractivity contribution is -0.0491. The van der Waals surface area contributed by atoms with Crippen molar-refractivity contribution >= 4 is 24.1 Å². The Hall–Kier alpha value is -1.35. The molecule has 1 fully saturated rings. The minimum absolute atomic E-state index is 0.667. The molecule has 0 saturated carbocycles. The van der Waals surface area contributed by atoms with Crippen molar-refractivity contribution in [1.82, 2.24) is 9.55 Å². The molecule has 2 N–H and O–H groups in total. The lowest BCUT2D eigenvalue weighted by Gasteiger charge is -2.19. The molecule has 0 radical (unpaired) electrons. The molecule has 1 aromatic heterocycles. The Balaban J connectivity index is 2.46. The molecule has 0 aromatic carbocycles. The second kappa shape index (κ2) is 9.91. The first kappa shape index (κ1) is 19.9. The molecular formula is C13H18N2O10P3+. The maximum atomic E-state index is 12.9. The molecule has 1 saturated heterocycles. The first-order valence-corrected chi connectivity index (χ1v) is 11.7. The summed E-state index contributed by atoms with van der Waals surface area (Å²) < 4.78 is 71.9. The van der Waals surface area contributed by atoms with Crippen LogP contribution < -0.4 is 11.2 Å². The van der Waals surface area contributed by atoms with Gasteiger partial charge in [-0.1, -0.05) is 4.31 Å². The van der Waals surface area contributed by atoms with Crippen molar-refractivity contribution < 1.29 is 39.9 Å². The van der Waals surface area contributed by atoms with Gasteiger partial charge < -0.3 is 14.6 Å². The highest BCUT2D eigenvalue weighted by Gasteiger charge is 2.45. The molecule has 28 heavy (non-hydrogen) atoms. The Morgan fingerprint density at radius 1 is 1.57 bits per heavy atom. The van der Waals surface area contributed by atoms with E-state index in [0.29, 0.717) is 0 Å². The first-order valence-electron chi connectivity index (χ1n) is 8.55. The summed E-state index contributed by atoms with van der Waals surface area (Å²) in [5.74, 6) is -0.982. The van der Waals surface area contributed by atoms with Crippen LogP contribution in [0.15, 0.2) is 33.7 Å². The van der Waals surface area contributed by atoms with E-state index >= 15 is 0 Å². The summed E-state index contributed by atoms with van der Waals surface area (Å²) in [6, 6.07) is 0.222. The fourth-order valence-electron chi connectivity index (χ4n) is 2.40. The van der Waals surface area contributed by atoms with Crippen LogP contribution in [-0.2, 0) is 32.0 Å². The molecule has 2 heterocycles. The van der Waals surface area contributed by atoms with Crippen LogP contribution in [0.2, 0.25) is 0 Å². The van der Waals surface area contributed by atoms with Crippen molar-refractivity contribution in [3.63, 3.8) is 0 Å². The van der Waals surface area contributed by atoms with Gasteiger partial charge in [0.15, 0.2) is 12.9 Å². The zero-order chi connectivity index (χ0) is 22.6. The number of aromatic nitrogens is 2. The monoisotopic (exact) mass is 457 g/mol. The second-order valence-corrected chi connectivity index (χ2v) is 9.21. The number of hydrogen-bond donors (Lipinski definition) is 2. The van der Waals surface area contributed by atoms with Crippen molar-refractivity contribution in [3.05, 3.63) is 44.9 Å². The average molecular weight is 457 g/mol. The molecule has 0 aliphatic carbocycles. The number of hydrogen-bond acceptors (Lipinski definition) is 10. The number of rotatable bonds is 9. The van der Waals surface area contributed by atoms with E-state index in [1.807, 2.05) is 4.98 Å². The zero-order valence-corrected chi connectivity index (χ0v) is 17.3. The summed E-state index contributed by atoms with van der Waals surface area (Å²) in [6.45, 7) is 1.06. The number of ether oxygens (including phenoxy) is 2. The van der Waals surface area contributed by atoms with E-state index in [4.69, 9.17) is 16.5 Å². The van der Waals surface area contributed by atoms with Crippen LogP contribution in [-0.4, -0.2) is 53.1 Å². The highest BCUT2D eigenvalue weighted by molar-refractivity contribution is 7.68. The van der Waals surface area contributed by atoms with Gasteiger partial charge in [-0.15, -0.1) is 0 Å². The quantitative estimate of drug-likeness (QED) is 0.515. The Morgan fingerprint density at radius 3 is 2.86 bits per heavy atom. The van der Waals surface area contributed by atoms with E-state index in [-0.39, 0.29) is 0 Å². The highest BCUT2D eigenvalue weighted by atomic mass is 31.2. The van der Waals surface area contributed by atoms with Gasteiger partial charge in [0, 0.05) is 25.2 Å². The number of H-pyrrole nitrogens is 1. The summed E-state index contributed by atoms with van der Waals surface area (Å²) in [5.41, 5.74) is -1.54. The lowest BCUT2D eigenvalue weighted by atomic mass is 10.1. The Morgan fingerprint density at radius 2 is 2.29 bits per heavy atom. The van der Waals surface area contributed by atoms with Crippen LogP contribution in [0.4, 0.5) is 0 Å². The van der Waals surface area contributed by atoms with Crippen LogP contribution in [0.25, 0.3) is 0 Å². The standard InChI is InChI=1S/C13H17N2O10P3/c1-22-11-10(17)8(4-6-28(21,7-23-26-19)25-27(2)20)24-12(11)15-5-3-9(16)14-13(15)18/h3-6,8,10-12,17H,7H2,1-2H3/p+1/b6-4+/t8-,10+,11?,12-,28?/m1/s1/i4D,6D. The molecule has 0 bridgehead atoms. The third-order valence-electron chi connectivity index (χ3n) is 3.52. The van der Waals surface area contributed by atoms with E-state index < -0.39 is 78.1 Å². The molecule has 3 unspecified atom stereocenters. The normalized spacial score (nSPS) is 29.6. The Kier molecular flexibility index (Phi) is 7.06. The molecule has 1 aliphatic rings. The van der Waals surface area contributed by atoms with E-state index in [0.717, 1.165) is 23.5 Å². The number of aliphatic hydroxyl groups excluding tert-OH is 1. The second-order valence-electron chi connectivity index (χ2n) is 5.44. The van der Waals surface area contributed by atoms with Crippen molar-refractivity contribution in [2.24, 2.45) is 0 Å². The number of methoxy groups -OCH3 is 1. The van der Waals surface area contributed by atoms with Gasteiger partial charge in [-0.3, -0.25) is 23.4 Å². The smallest absolute Gasteiger partial charge is 0.387 e. The SMILES string of the molecule is [2H]/C(=C(/[2H])P(=O)(COP=O)O[P+](C)=O)[C@H]1O[C@@H](n2ccc(=O)[nH]c2=O)C(OC)[C@H]1O. The van der Waals surface area contributed by atoms with Crippen LogP contribution >= 0.6 is 24.1 Å². The number of aliphatic hydroxyl groups is 1. The fraction of sp³-hybridized carbons (Fsp3) is 0.538. The number of nitrogens with zero attached hydrogens (tertiary/aromatic N) is 1. The molecule has 154 valence electrons. The number of aromatic amines is 1. The van der Waals surface area contributed by atoms with E-state index in [2.05, 4.69) is 4.52 Å². The topological polar surface area (TPSA) is 163 Å². The van der Waals surface area contributed by atoms with Crippen molar-refractivity contribution in [1.29, 1.82) is 0 Å². The maximum Gasteiger partial charge on any atom is 0.511 e. The molecule has 0 spiro atoms. The maximum absolute atomic E-state index is 12.9. The summed E-state index contributed by atoms with van der Waals surface area (Å²) >= 11 is 0. The van der Waals surface area contributed by atoms with Gasteiger partial charge in [-0.05, 0) is 10.6 Å². The van der Waals surface area contributed by atoms with Crippen molar-refractivity contribution in [3.8, 4) is 0 Å². The summed E-state index contributed by atoms with van der Waals surface area (Å²) in [4.78, 5) is 25.3. The predicted molar refractivity (Wildman–Crippen MR) is 97.0 cm³/mol. The molecular weight excluding hydrogens is 437 g/mol. The summed E-state index contributed by atoms with van der Waals surface area (Å²) in [5, 5.41) is 10.5. The molecule has 1 aromatic rings. The van der Waals surface area contributed by atoms with Gasteiger partial charge in [0.05, 0.1) is 2.74 Å². The van der Waals surface area contributed by atoms with Crippen LogP contribution in [0.1, 0.15) is 8.97 Å². The molecule has 12 nitrogen and oxygen atoms in total. The summed E-state index contributed by atoms with van der Waals surface area (Å²) in [7, 11) is -6.52. The van der Waals surface area contributed by atoms with E-state index in [1.54, 1.807) is 0 Å². The molecule has 1 aliphatic heterocycles. The Bertz CT molecular complexity index is 1010. The molecule has 0 amide bonds. The van der Waals surface area contributed by atoms with Gasteiger partial charge in [0.2, 0.25) is 0 Å².